The summed E-state index contributed by atoms with van der Waals surface area (Å²) < 4.78 is 0. The van der Waals surface area contributed by atoms with Gasteiger partial charge in [-0.25, -0.2) is 0 Å². The van der Waals surface area contributed by atoms with Crippen molar-refractivity contribution in [2.75, 3.05) is 5.75 Å². The molecule has 14 heavy (non-hydrogen) atoms. The zero-order valence-electron chi connectivity index (χ0n) is 9.00. The Morgan fingerprint density at radius 2 is 1.64 bits per heavy atom. The lowest BCUT2D eigenvalue weighted by Crippen LogP contribution is -2.34. The molecule has 0 aromatic heterocycles. The number of rotatable bonds is 3. The van der Waals surface area contributed by atoms with Crippen LogP contribution in [0.25, 0.3) is 0 Å². The van der Waals surface area contributed by atoms with E-state index in [9.17, 15) is 5.11 Å². The average Bonchev–Trinajstić information content (AvgIpc) is 2.69. The maximum atomic E-state index is 10.3. The van der Waals surface area contributed by atoms with Gasteiger partial charge in [0.2, 0.25) is 0 Å². The highest BCUT2D eigenvalue weighted by molar-refractivity contribution is 7.99. The molecule has 2 saturated carbocycles. The normalized spacial score (nSPS) is 28.1. The van der Waals surface area contributed by atoms with Crippen molar-refractivity contribution in [2.24, 2.45) is 0 Å². The van der Waals surface area contributed by atoms with Crippen LogP contribution in [0.4, 0.5) is 0 Å². The van der Waals surface area contributed by atoms with Gasteiger partial charge in [-0.3, -0.25) is 0 Å². The van der Waals surface area contributed by atoms with Gasteiger partial charge in [-0.2, -0.15) is 11.8 Å². The molecular weight excluding hydrogens is 192 g/mol. The van der Waals surface area contributed by atoms with Crippen LogP contribution in [-0.4, -0.2) is 21.7 Å². The highest BCUT2D eigenvalue weighted by Gasteiger charge is 2.30. The van der Waals surface area contributed by atoms with Gasteiger partial charge in [0.05, 0.1) is 5.60 Å². The number of aliphatic hydroxyl groups is 1. The Morgan fingerprint density at radius 1 is 1.00 bits per heavy atom. The van der Waals surface area contributed by atoms with Crippen LogP contribution in [0.3, 0.4) is 0 Å². The highest BCUT2D eigenvalue weighted by Crippen LogP contribution is 2.36. The lowest BCUT2D eigenvalue weighted by molar-refractivity contribution is 0.0272. The van der Waals surface area contributed by atoms with Gasteiger partial charge in [0.15, 0.2) is 0 Å². The number of hydrogen-bond acceptors (Lipinski definition) is 2. The van der Waals surface area contributed by atoms with Crippen molar-refractivity contribution >= 4 is 11.8 Å². The van der Waals surface area contributed by atoms with Crippen molar-refractivity contribution in [2.45, 2.75) is 68.6 Å². The standard InChI is InChI=1S/C12H22OS/c13-12(8-4-1-5-9-12)10-14-11-6-2-3-7-11/h11,13H,1-10H2. The van der Waals surface area contributed by atoms with Crippen LogP contribution in [0.2, 0.25) is 0 Å². The Kier molecular flexibility index (Phi) is 3.78. The van der Waals surface area contributed by atoms with E-state index in [0.29, 0.717) is 0 Å². The third-order valence-electron chi connectivity index (χ3n) is 3.67. The summed E-state index contributed by atoms with van der Waals surface area (Å²) >= 11 is 2.04. The second kappa shape index (κ2) is 4.89. The van der Waals surface area contributed by atoms with E-state index in [1.807, 2.05) is 11.8 Å². The maximum Gasteiger partial charge on any atom is 0.0737 e. The molecular formula is C12H22OS. The summed E-state index contributed by atoms with van der Waals surface area (Å²) in [5, 5.41) is 11.2. The van der Waals surface area contributed by atoms with Crippen LogP contribution in [0.5, 0.6) is 0 Å². The molecule has 0 heterocycles. The maximum absolute atomic E-state index is 10.3. The Labute approximate surface area is 91.7 Å². The third-order valence-corrected chi connectivity index (χ3v) is 5.32. The monoisotopic (exact) mass is 214 g/mol. The van der Waals surface area contributed by atoms with Gasteiger partial charge < -0.3 is 5.11 Å². The lowest BCUT2D eigenvalue weighted by Gasteiger charge is -2.32. The fraction of sp³-hybridized carbons (Fsp3) is 1.00. The molecule has 0 saturated heterocycles. The van der Waals surface area contributed by atoms with Crippen molar-refractivity contribution in [3.8, 4) is 0 Å². The molecule has 2 rings (SSSR count). The topological polar surface area (TPSA) is 20.2 Å². The van der Waals surface area contributed by atoms with Crippen LogP contribution in [0, 0.1) is 0 Å². The van der Waals surface area contributed by atoms with E-state index in [1.165, 1.54) is 44.9 Å². The molecule has 0 bridgehead atoms. The summed E-state index contributed by atoms with van der Waals surface area (Å²) in [6.45, 7) is 0. The van der Waals surface area contributed by atoms with Crippen LogP contribution >= 0.6 is 11.8 Å². The summed E-state index contributed by atoms with van der Waals surface area (Å²) in [5.41, 5.74) is -0.300. The summed E-state index contributed by atoms with van der Waals surface area (Å²) in [7, 11) is 0. The minimum absolute atomic E-state index is 0.300. The largest absolute Gasteiger partial charge is 0.389 e. The zero-order chi connectivity index (χ0) is 9.86. The molecule has 0 aromatic carbocycles. The molecule has 0 unspecified atom stereocenters. The van der Waals surface area contributed by atoms with Crippen LogP contribution in [-0.2, 0) is 0 Å². The lowest BCUT2D eigenvalue weighted by atomic mass is 9.86. The van der Waals surface area contributed by atoms with Gasteiger partial charge in [0, 0.05) is 11.0 Å². The van der Waals surface area contributed by atoms with E-state index in [4.69, 9.17) is 0 Å². The van der Waals surface area contributed by atoms with Gasteiger partial charge >= 0.3 is 0 Å². The molecule has 0 radical (unpaired) electrons. The fourth-order valence-electron chi connectivity index (χ4n) is 2.68. The second-order valence-corrected chi connectivity index (χ2v) is 6.29. The van der Waals surface area contributed by atoms with E-state index < -0.39 is 0 Å². The molecule has 0 aromatic rings. The molecule has 0 amide bonds. The predicted octanol–water partition coefficient (Wildman–Crippen LogP) is 3.36. The summed E-state index contributed by atoms with van der Waals surface area (Å²) in [6.07, 6.45) is 11.5. The summed E-state index contributed by atoms with van der Waals surface area (Å²) in [5.74, 6) is 0.998. The molecule has 1 N–H and O–H groups in total. The summed E-state index contributed by atoms with van der Waals surface area (Å²) in [4.78, 5) is 0. The Hall–Kier alpha value is 0.310. The van der Waals surface area contributed by atoms with Crippen LogP contribution in [0.1, 0.15) is 57.8 Å². The molecule has 2 aliphatic carbocycles. The Morgan fingerprint density at radius 3 is 2.29 bits per heavy atom. The van der Waals surface area contributed by atoms with E-state index in [0.717, 1.165) is 23.8 Å². The molecule has 2 fully saturated rings. The molecule has 0 spiro atoms. The van der Waals surface area contributed by atoms with Crippen molar-refractivity contribution in [3.63, 3.8) is 0 Å². The van der Waals surface area contributed by atoms with Gasteiger partial charge in [-0.15, -0.1) is 0 Å². The first-order chi connectivity index (χ1) is 6.79. The SMILES string of the molecule is OC1(CSC2CCCC2)CCCCC1. The molecule has 0 aliphatic heterocycles. The fourth-order valence-corrected chi connectivity index (χ4v) is 4.18. The minimum atomic E-state index is -0.300. The van der Waals surface area contributed by atoms with E-state index in [2.05, 4.69) is 0 Å². The minimum Gasteiger partial charge on any atom is -0.389 e. The van der Waals surface area contributed by atoms with E-state index in [-0.39, 0.29) is 5.60 Å². The van der Waals surface area contributed by atoms with Crippen molar-refractivity contribution in [3.05, 3.63) is 0 Å². The van der Waals surface area contributed by atoms with Crippen molar-refractivity contribution in [1.82, 2.24) is 0 Å². The first-order valence-electron chi connectivity index (χ1n) is 6.13. The quantitative estimate of drug-likeness (QED) is 0.777. The zero-order valence-corrected chi connectivity index (χ0v) is 9.82. The smallest absolute Gasteiger partial charge is 0.0737 e. The van der Waals surface area contributed by atoms with Gasteiger partial charge in [-0.05, 0) is 25.7 Å². The molecule has 1 nitrogen and oxygen atoms in total. The van der Waals surface area contributed by atoms with Gasteiger partial charge in [-0.1, -0.05) is 32.1 Å². The highest BCUT2D eigenvalue weighted by atomic mass is 32.2. The summed E-state index contributed by atoms with van der Waals surface area (Å²) in [6, 6.07) is 0. The van der Waals surface area contributed by atoms with Gasteiger partial charge in [0.1, 0.15) is 0 Å². The first kappa shape index (κ1) is 10.8. The van der Waals surface area contributed by atoms with Crippen LogP contribution < -0.4 is 0 Å². The Bertz CT molecular complexity index is 169. The van der Waals surface area contributed by atoms with E-state index >= 15 is 0 Å². The molecule has 0 atom stereocenters. The predicted molar refractivity (Wildman–Crippen MR) is 62.7 cm³/mol. The first-order valence-corrected chi connectivity index (χ1v) is 7.17. The number of thioether (sulfide) groups is 1. The van der Waals surface area contributed by atoms with Crippen LogP contribution in [0.15, 0.2) is 0 Å². The van der Waals surface area contributed by atoms with E-state index in [1.54, 1.807) is 0 Å². The molecule has 82 valence electrons. The Balaban J connectivity index is 1.72. The number of hydrogen-bond donors (Lipinski definition) is 1. The third kappa shape index (κ3) is 2.90. The average molecular weight is 214 g/mol. The molecule has 2 aliphatic rings. The van der Waals surface area contributed by atoms with Gasteiger partial charge in [0.25, 0.3) is 0 Å². The molecule has 2 heteroatoms. The second-order valence-electron chi connectivity index (χ2n) is 5.00. The van der Waals surface area contributed by atoms with Crippen molar-refractivity contribution < 1.29 is 5.11 Å². The van der Waals surface area contributed by atoms with Crippen molar-refractivity contribution in [1.29, 1.82) is 0 Å².